The summed E-state index contributed by atoms with van der Waals surface area (Å²) in [6, 6.07) is 2.96. The molecule has 0 N–H and O–H groups in total. The average molecular weight is 304 g/mol. The van der Waals surface area contributed by atoms with Crippen molar-refractivity contribution < 1.29 is 21.6 Å². The van der Waals surface area contributed by atoms with Crippen LogP contribution in [0.3, 0.4) is 0 Å². The standard InChI is InChI=1S/C8H2Cl2F3NO2S/c9-5-2-1-4(3-14)7(17(10,15)16)6(5)8(11,12)13/h1-2H. The van der Waals surface area contributed by atoms with Crippen LogP contribution in [0.1, 0.15) is 11.1 Å². The van der Waals surface area contributed by atoms with Gasteiger partial charge in [0.05, 0.1) is 16.1 Å². The normalized spacial score (nSPS) is 12.2. The summed E-state index contributed by atoms with van der Waals surface area (Å²) < 4.78 is 60.1. The lowest BCUT2D eigenvalue weighted by molar-refractivity contribution is -0.139. The molecule has 0 bridgehead atoms. The summed E-state index contributed by atoms with van der Waals surface area (Å²) in [6.45, 7) is 0. The first kappa shape index (κ1) is 14.1. The van der Waals surface area contributed by atoms with Crippen molar-refractivity contribution in [3.8, 4) is 6.07 Å². The highest BCUT2D eigenvalue weighted by atomic mass is 35.7. The molecule has 0 aliphatic rings. The second-order valence-electron chi connectivity index (χ2n) is 2.85. The van der Waals surface area contributed by atoms with E-state index in [4.69, 9.17) is 27.5 Å². The van der Waals surface area contributed by atoms with Gasteiger partial charge in [-0.05, 0) is 12.1 Å². The molecular weight excluding hydrogens is 302 g/mol. The number of hydrogen-bond acceptors (Lipinski definition) is 3. The van der Waals surface area contributed by atoms with Gasteiger partial charge < -0.3 is 0 Å². The molecule has 1 rings (SSSR count). The molecule has 17 heavy (non-hydrogen) atoms. The van der Waals surface area contributed by atoms with E-state index in [1.54, 1.807) is 0 Å². The van der Waals surface area contributed by atoms with Crippen LogP contribution < -0.4 is 0 Å². The highest BCUT2D eigenvalue weighted by Gasteiger charge is 2.40. The highest BCUT2D eigenvalue weighted by Crippen LogP contribution is 2.41. The van der Waals surface area contributed by atoms with Crippen molar-refractivity contribution in [2.75, 3.05) is 0 Å². The summed E-state index contributed by atoms with van der Waals surface area (Å²) in [7, 11) is 0.152. The van der Waals surface area contributed by atoms with Crippen molar-refractivity contribution in [1.82, 2.24) is 0 Å². The first-order chi connectivity index (χ1) is 7.59. The molecule has 1 aromatic carbocycles. The minimum Gasteiger partial charge on any atom is -0.207 e. The minimum absolute atomic E-state index is 0.711. The molecule has 0 amide bonds. The second kappa shape index (κ2) is 4.37. The molecule has 1 aromatic rings. The smallest absolute Gasteiger partial charge is 0.207 e. The summed E-state index contributed by atoms with van der Waals surface area (Å²) in [5, 5.41) is 7.74. The molecule has 0 aromatic heterocycles. The van der Waals surface area contributed by atoms with Crippen molar-refractivity contribution in [2.24, 2.45) is 0 Å². The zero-order chi connectivity index (χ0) is 13.4. The number of rotatable bonds is 1. The average Bonchev–Trinajstić information content (AvgIpc) is 2.13. The van der Waals surface area contributed by atoms with Crippen LogP contribution in [-0.4, -0.2) is 8.42 Å². The van der Waals surface area contributed by atoms with E-state index in [1.807, 2.05) is 0 Å². The van der Waals surface area contributed by atoms with Gasteiger partial charge in [0.2, 0.25) is 0 Å². The van der Waals surface area contributed by atoms with E-state index in [9.17, 15) is 21.6 Å². The Morgan fingerprint density at radius 1 is 1.29 bits per heavy atom. The Morgan fingerprint density at radius 3 is 2.18 bits per heavy atom. The fraction of sp³-hybridized carbons (Fsp3) is 0.125. The van der Waals surface area contributed by atoms with Gasteiger partial charge in [-0.3, -0.25) is 0 Å². The summed E-state index contributed by atoms with van der Waals surface area (Å²) >= 11 is 5.30. The van der Waals surface area contributed by atoms with E-state index in [0.717, 1.165) is 12.1 Å². The molecule has 0 radical (unpaired) electrons. The van der Waals surface area contributed by atoms with Crippen LogP contribution in [0.15, 0.2) is 17.0 Å². The summed E-state index contributed by atoms with van der Waals surface area (Å²) in [5.41, 5.74) is -2.34. The van der Waals surface area contributed by atoms with Crippen molar-refractivity contribution in [1.29, 1.82) is 5.26 Å². The third-order valence-electron chi connectivity index (χ3n) is 1.75. The zero-order valence-electron chi connectivity index (χ0n) is 7.72. The lowest BCUT2D eigenvalue weighted by Crippen LogP contribution is -2.13. The summed E-state index contributed by atoms with van der Waals surface area (Å²) in [5.74, 6) is 0. The van der Waals surface area contributed by atoms with Crippen LogP contribution in [0.5, 0.6) is 0 Å². The Morgan fingerprint density at radius 2 is 1.82 bits per heavy atom. The number of benzene rings is 1. The van der Waals surface area contributed by atoms with E-state index in [-0.39, 0.29) is 0 Å². The van der Waals surface area contributed by atoms with Crippen molar-refractivity contribution in [2.45, 2.75) is 11.1 Å². The fourth-order valence-electron chi connectivity index (χ4n) is 1.16. The number of alkyl halides is 3. The molecule has 0 saturated carbocycles. The van der Waals surface area contributed by atoms with Gasteiger partial charge in [-0.2, -0.15) is 18.4 Å². The second-order valence-corrected chi connectivity index (χ2v) is 5.76. The van der Waals surface area contributed by atoms with Gasteiger partial charge in [0.25, 0.3) is 9.05 Å². The quantitative estimate of drug-likeness (QED) is 0.749. The molecular formula is C8H2Cl2F3NO2S. The molecule has 0 aliphatic carbocycles. The first-order valence-corrected chi connectivity index (χ1v) is 6.52. The molecule has 0 saturated heterocycles. The summed E-state index contributed by atoms with van der Waals surface area (Å²) in [6.07, 6.45) is -5.03. The molecule has 0 atom stereocenters. The molecule has 0 fully saturated rings. The molecule has 0 heterocycles. The molecule has 3 nitrogen and oxygen atoms in total. The van der Waals surface area contributed by atoms with Crippen molar-refractivity contribution in [3.63, 3.8) is 0 Å². The largest absolute Gasteiger partial charge is 0.419 e. The van der Waals surface area contributed by atoms with Gasteiger partial charge in [0.1, 0.15) is 11.0 Å². The van der Waals surface area contributed by atoms with Gasteiger partial charge in [0, 0.05) is 10.7 Å². The third kappa shape index (κ3) is 2.83. The number of hydrogen-bond donors (Lipinski definition) is 0. The Hall–Kier alpha value is -0.970. The number of nitriles is 1. The van der Waals surface area contributed by atoms with Crippen LogP contribution in [0, 0.1) is 11.3 Å². The number of nitrogens with zero attached hydrogens (tertiary/aromatic N) is 1. The van der Waals surface area contributed by atoms with Gasteiger partial charge >= 0.3 is 6.18 Å². The van der Waals surface area contributed by atoms with Crippen LogP contribution in [-0.2, 0) is 15.2 Å². The van der Waals surface area contributed by atoms with Gasteiger partial charge in [-0.15, -0.1) is 0 Å². The Labute approximate surface area is 104 Å². The monoisotopic (exact) mass is 303 g/mol. The van der Waals surface area contributed by atoms with E-state index in [0.29, 0.717) is 0 Å². The lowest BCUT2D eigenvalue weighted by atomic mass is 10.1. The molecule has 0 aliphatic heterocycles. The maximum absolute atomic E-state index is 12.6. The molecule has 92 valence electrons. The number of halogens is 5. The first-order valence-electron chi connectivity index (χ1n) is 3.83. The summed E-state index contributed by atoms with van der Waals surface area (Å²) in [4.78, 5) is -1.32. The van der Waals surface area contributed by atoms with Crippen molar-refractivity contribution >= 4 is 31.3 Å². The predicted molar refractivity (Wildman–Crippen MR) is 54.2 cm³/mol. The van der Waals surface area contributed by atoms with Crippen LogP contribution in [0.2, 0.25) is 5.02 Å². The molecule has 0 unspecified atom stereocenters. The maximum atomic E-state index is 12.6. The van der Waals surface area contributed by atoms with Gasteiger partial charge in [-0.1, -0.05) is 11.6 Å². The topological polar surface area (TPSA) is 57.9 Å². The fourth-order valence-corrected chi connectivity index (χ4v) is 2.81. The maximum Gasteiger partial charge on any atom is 0.419 e. The SMILES string of the molecule is N#Cc1ccc(Cl)c(C(F)(F)F)c1S(=O)(=O)Cl. The van der Waals surface area contributed by atoms with E-state index >= 15 is 0 Å². The molecule has 9 heteroatoms. The van der Waals surface area contributed by atoms with E-state index in [1.165, 1.54) is 6.07 Å². The lowest BCUT2D eigenvalue weighted by Gasteiger charge is -2.13. The Balaban J connectivity index is 3.88. The van der Waals surface area contributed by atoms with Gasteiger partial charge in [0.15, 0.2) is 0 Å². The Bertz CT molecular complexity index is 604. The van der Waals surface area contributed by atoms with E-state index in [2.05, 4.69) is 0 Å². The van der Waals surface area contributed by atoms with Crippen LogP contribution in [0.4, 0.5) is 13.2 Å². The van der Waals surface area contributed by atoms with Gasteiger partial charge in [-0.25, -0.2) is 8.42 Å². The zero-order valence-corrected chi connectivity index (χ0v) is 10.0. The van der Waals surface area contributed by atoms with Crippen LogP contribution >= 0.6 is 22.3 Å². The highest BCUT2D eigenvalue weighted by molar-refractivity contribution is 8.13. The third-order valence-corrected chi connectivity index (χ3v) is 3.44. The molecule has 0 spiro atoms. The van der Waals surface area contributed by atoms with Crippen molar-refractivity contribution in [3.05, 3.63) is 28.3 Å². The minimum atomic E-state index is -5.03. The predicted octanol–water partition coefficient (Wildman–Crippen LogP) is 3.16. The van der Waals surface area contributed by atoms with E-state index < -0.39 is 36.3 Å². The Kier molecular flexibility index (Phi) is 3.62. The van der Waals surface area contributed by atoms with Crippen LogP contribution in [0.25, 0.3) is 0 Å².